The Bertz CT molecular complexity index is 373. The zero-order valence-electron chi connectivity index (χ0n) is 14.7. The third kappa shape index (κ3) is 6.68. The number of carbonyl (C=O) groups excluding carboxylic acids is 1. The molecular weight excluding hydrogens is 393 g/mol. The molecule has 0 saturated carbocycles. The van der Waals surface area contributed by atoms with Crippen LogP contribution in [0.3, 0.4) is 0 Å². The van der Waals surface area contributed by atoms with Gasteiger partial charge in [-0.1, -0.05) is 6.92 Å². The van der Waals surface area contributed by atoms with E-state index in [1.165, 1.54) is 0 Å². The van der Waals surface area contributed by atoms with E-state index in [4.69, 9.17) is 0 Å². The molecule has 1 aliphatic rings. The number of hydrogen-bond acceptors (Lipinski definition) is 3. The van der Waals surface area contributed by atoms with E-state index in [0.29, 0.717) is 31.0 Å². The first-order valence-corrected chi connectivity index (χ1v) is 7.76. The molecule has 6 nitrogen and oxygen atoms in total. The fraction of sp³-hybridized carbons (Fsp3) is 0.867. The van der Waals surface area contributed by atoms with E-state index >= 15 is 0 Å². The average molecular weight is 425 g/mol. The van der Waals surface area contributed by atoms with Crippen molar-refractivity contribution in [2.45, 2.75) is 39.3 Å². The zero-order valence-corrected chi connectivity index (χ0v) is 17.0. The third-order valence-electron chi connectivity index (χ3n) is 4.05. The summed E-state index contributed by atoms with van der Waals surface area (Å²) in [5.41, 5.74) is 0. The molecule has 1 aliphatic heterocycles. The van der Waals surface area contributed by atoms with E-state index in [0.717, 1.165) is 19.0 Å². The quantitative estimate of drug-likeness (QED) is 0.392. The molecular formula is C15H32IN5O. The summed E-state index contributed by atoms with van der Waals surface area (Å²) < 4.78 is 0. The molecule has 1 fully saturated rings. The number of rotatable bonds is 5. The molecule has 0 aliphatic carbocycles. The van der Waals surface area contributed by atoms with Crippen LogP contribution < -0.4 is 10.6 Å². The number of nitrogens with one attached hydrogen (secondary N) is 2. The Balaban J connectivity index is 0.00000441. The lowest BCUT2D eigenvalue weighted by atomic mass is 10.1. The molecule has 0 aromatic rings. The van der Waals surface area contributed by atoms with E-state index in [2.05, 4.69) is 41.3 Å². The summed E-state index contributed by atoms with van der Waals surface area (Å²) in [6, 6.07) is 0.982. The van der Waals surface area contributed by atoms with Crippen LogP contribution in [0.25, 0.3) is 0 Å². The number of likely N-dealkylation sites (tertiary alicyclic amines) is 1. The van der Waals surface area contributed by atoms with Crippen LogP contribution in [0.1, 0.15) is 27.2 Å². The monoisotopic (exact) mass is 425 g/mol. The van der Waals surface area contributed by atoms with Crippen molar-refractivity contribution in [3.8, 4) is 0 Å². The highest BCUT2D eigenvalue weighted by atomic mass is 127. The van der Waals surface area contributed by atoms with Gasteiger partial charge in [-0.25, -0.2) is 0 Å². The van der Waals surface area contributed by atoms with Gasteiger partial charge in [0.05, 0.1) is 0 Å². The molecule has 1 saturated heterocycles. The van der Waals surface area contributed by atoms with Gasteiger partial charge < -0.3 is 15.5 Å². The molecule has 1 heterocycles. The van der Waals surface area contributed by atoms with Gasteiger partial charge in [-0.2, -0.15) is 0 Å². The van der Waals surface area contributed by atoms with Crippen molar-refractivity contribution in [3.63, 3.8) is 0 Å². The number of halogens is 1. The summed E-state index contributed by atoms with van der Waals surface area (Å²) in [7, 11) is 5.31. The first kappa shape index (κ1) is 21.4. The molecule has 130 valence electrons. The number of aliphatic imine (C=N–C) groups is 1. The number of hydrogen-bond donors (Lipinski definition) is 2. The minimum atomic E-state index is 0. The second kappa shape index (κ2) is 10.3. The molecule has 0 radical (unpaired) electrons. The van der Waals surface area contributed by atoms with E-state index in [-0.39, 0.29) is 29.9 Å². The molecule has 2 unspecified atom stereocenters. The van der Waals surface area contributed by atoms with Crippen molar-refractivity contribution in [2.75, 3.05) is 40.8 Å². The molecule has 2 N–H and O–H groups in total. The van der Waals surface area contributed by atoms with Gasteiger partial charge in [0.15, 0.2) is 5.96 Å². The van der Waals surface area contributed by atoms with Crippen LogP contribution in [0, 0.1) is 5.92 Å². The van der Waals surface area contributed by atoms with Gasteiger partial charge in [0.1, 0.15) is 0 Å². The Hall–Kier alpha value is -0.570. The predicted octanol–water partition coefficient (Wildman–Crippen LogP) is 0.976. The van der Waals surface area contributed by atoms with Crippen molar-refractivity contribution in [2.24, 2.45) is 10.9 Å². The highest BCUT2D eigenvalue weighted by Crippen LogP contribution is 2.18. The summed E-state index contributed by atoms with van der Waals surface area (Å²) in [4.78, 5) is 19.9. The first-order valence-electron chi connectivity index (χ1n) is 7.76. The summed E-state index contributed by atoms with van der Waals surface area (Å²) in [5, 5.41) is 6.70. The SMILES string of the molecule is CN=C(NCCC(=O)N(C)C)NC1CN(C(C)C)CC1C.I. The number of amides is 1. The minimum Gasteiger partial charge on any atom is -0.356 e. The van der Waals surface area contributed by atoms with Crippen LogP contribution in [-0.4, -0.2) is 74.5 Å². The van der Waals surface area contributed by atoms with Crippen molar-refractivity contribution < 1.29 is 4.79 Å². The van der Waals surface area contributed by atoms with E-state index in [1.54, 1.807) is 26.0 Å². The summed E-state index contributed by atoms with van der Waals surface area (Å²) in [6.07, 6.45) is 0.478. The maximum atomic E-state index is 11.5. The van der Waals surface area contributed by atoms with Crippen LogP contribution >= 0.6 is 24.0 Å². The van der Waals surface area contributed by atoms with Gasteiger partial charge in [0.2, 0.25) is 5.91 Å². The van der Waals surface area contributed by atoms with E-state index in [9.17, 15) is 4.79 Å². The summed E-state index contributed by atoms with van der Waals surface area (Å²) in [6.45, 7) is 9.49. The maximum Gasteiger partial charge on any atom is 0.223 e. The molecule has 22 heavy (non-hydrogen) atoms. The fourth-order valence-electron chi connectivity index (χ4n) is 2.50. The van der Waals surface area contributed by atoms with Crippen LogP contribution in [0.2, 0.25) is 0 Å². The van der Waals surface area contributed by atoms with Gasteiger partial charge >= 0.3 is 0 Å². The lowest BCUT2D eigenvalue weighted by Gasteiger charge is -2.22. The fourth-order valence-corrected chi connectivity index (χ4v) is 2.50. The lowest BCUT2D eigenvalue weighted by molar-refractivity contribution is -0.128. The molecule has 0 aromatic heterocycles. The van der Waals surface area contributed by atoms with Gasteiger partial charge in [0, 0.05) is 59.3 Å². The van der Waals surface area contributed by atoms with Gasteiger partial charge in [-0.3, -0.25) is 14.7 Å². The highest BCUT2D eigenvalue weighted by molar-refractivity contribution is 14.0. The Labute approximate surface area is 152 Å². The molecule has 0 aromatic carbocycles. The van der Waals surface area contributed by atoms with Crippen molar-refractivity contribution in [1.29, 1.82) is 0 Å². The van der Waals surface area contributed by atoms with Gasteiger partial charge in [-0.05, 0) is 19.8 Å². The van der Waals surface area contributed by atoms with Gasteiger partial charge in [0.25, 0.3) is 0 Å². The van der Waals surface area contributed by atoms with E-state index < -0.39 is 0 Å². The third-order valence-corrected chi connectivity index (χ3v) is 4.05. The minimum absolute atomic E-state index is 0. The van der Waals surface area contributed by atoms with Crippen LogP contribution in [-0.2, 0) is 4.79 Å². The Morgan fingerprint density at radius 2 is 2.00 bits per heavy atom. The smallest absolute Gasteiger partial charge is 0.223 e. The molecule has 1 rings (SSSR count). The van der Waals surface area contributed by atoms with Crippen molar-refractivity contribution >= 4 is 35.8 Å². The largest absolute Gasteiger partial charge is 0.356 e. The average Bonchev–Trinajstić information content (AvgIpc) is 2.78. The number of guanidine groups is 1. The maximum absolute atomic E-state index is 11.5. The van der Waals surface area contributed by atoms with Crippen molar-refractivity contribution in [1.82, 2.24) is 20.4 Å². The summed E-state index contributed by atoms with van der Waals surface area (Å²) >= 11 is 0. The molecule has 2 atom stereocenters. The van der Waals surface area contributed by atoms with Crippen LogP contribution in [0.4, 0.5) is 0 Å². The molecule has 0 bridgehead atoms. The molecule has 0 spiro atoms. The second-order valence-corrected chi connectivity index (χ2v) is 6.31. The van der Waals surface area contributed by atoms with Crippen molar-refractivity contribution in [3.05, 3.63) is 0 Å². The molecule has 1 amide bonds. The lowest BCUT2D eigenvalue weighted by Crippen LogP contribution is -2.47. The molecule has 7 heteroatoms. The zero-order chi connectivity index (χ0) is 16.0. The topological polar surface area (TPSA) is 60.0 Å². The standard InChI is InChI=1S/C15H31N5O.HI/c1-11(2)20-9-12(3)13(10-20)18-15(16-4)17-8-7-14(21)19(5)6;/h11-13H,7-10H2,1-6H3,(H2,16,17,18);1H. The first-order chi connectivity index (χ1) is 9.85. The van der Waals surface area contributed by atoms with Crippen LogP contribution in [0.5, 0.6) is 0 Å². The van der Waals surface area contributed by atoms with Gasteiger partial charge in [-0.15, -0.1) is 24.0 Å². The van der Waals surface area contributed by atoms with E-state index in [1.807, 2.05) is 0 Å². The van der Waals surface area contributed by atoms with Crippen LogP contribution in [0.15, 0.2) is 4.99 Å². The number of carbonyl (C=O) groups is 1. The Morgan fingerprint density at radius 3 is 2.45 bits per heavy atom. The highest BCUT2D eigenvalue weighted by Gasteiger charge is 2.31. The Kier molecular flexibility index (Phi) is 9.99. The Morgan fingerprint density at radius 1 is 1.36 bits per heavy atom. The normalized spacial score (nSPS) is 22.4. The second-order valence-electron chi connectivity index (χ2n) is 6.31. The number of nitrogens with zero attached hydrogens (tertiary/aromatic N) is 3. The summed E-state index contributed by atoms with van der Waals surface area (Å²) in [5.74, 6) is 1.50. The predicted molar refractivity (Wildman–Crippen MR) is 103 cm³/mol.